The molecule has 0 saturated carbocycles. The number of nitrogens with one attached hydrogen (secondary N) is 2. The van der Waals surface area contributed by atoms with Crippen molar-refractivity contribution in [3.05, 3.63) is 88.3 Å². The molecule has 2 aromatic carbocycles. The number of hydrogen-bond donors (Lipinski definition) is 2. The van der Waals surface area contributed by atoms with Crippen LogP contribution in [0.1, 0.15) is 40.4 Å². The molecule has 0 spiro atoms. The number of carbonyl (C=O) groups is 1. The molecule has 38 heavy (non-hydrogen) atoms. The van der Waals surface area contributed by atoms with Crippen LogP contribution in [0.15, 0.2) is 54.7 Å². The number of benzene rings is 2. The molecule has 0 atom stereocenters. The molecule has 1 aliphatic heterocycles. The van der Waals surface area contributed by atoms with E-state index in [2.05, 4.69) is 25.5 Å². The van der Waals surface area contributed by atoms with Gasteiger partial charge in [0, 0.05) is 31.4 Å². The highest BCUT2D eigenvalue weighted by molar-refractivity contribution is 6.33. The number of carbonyl (C=O) groups excluding carboxylic acids is 1. The molecular formula is C28H27ClFN5O3. The Morgan fingerprint density at radius 1 is 1.16 bits per heavy atom. The minimum Gasteiger partial charge on any atom is -0.493 e. The number of nitrogens with zero attached hydrogens (tertiary/aromatic N) is 3. The third-order valence-corrected chi connectivity index (χ3v) is 6.79. The Labute approximate surface area is 224 Å². The number of ether oxygens (including phenoxy) is 2. The second-order valence-corrected chi connectivity index (χ2v) is 9.64. The van der Waals surface area contributed by atoms with Crippen molar-refractivity contribution in [1.29, 1.82) is 0 Å². The Balaban J connectivity index is 1.29. The third-order valence-electron chi connectivity index (χ3n) is 6.49. The number of aromatic amines is 1. The molecule has 0 bridgehead atoms. The molecule has 4 aromatic rings. The van der Waals surface area contributed by atoms with E-state index in [4.69, 9.17) is 21.1 Å². The number of amides is 1. The predicted molar refractivity (Wildman–Crippen MR) is 142 cm³/mol. The molecule has 0 unspecified atom stereocenters. The molecule has 0 aliphatic carbocycles. The summed E-state index contributed by atoms with van der Waals surface area (Å²) < 4.78 is 25.5. The van der Waals surface area contributed by atoms with Crippen LogP contribution in [0, 0.1) is 18.7 Å². The van der Waals surface area contributed by atoms with Crippen LogP contribution in [0.5, 0.6) is 5.75 Å². The lowest BCUT2D eigenvalue weighted by Gasteiger charge is -2.22. The standard InChI is InChI=1S/C28H27ClFN5O3/c1-17-6-7-20(38-16-18-8-10-37-11-9-18)13-21(17)22-14-25(31-15-23(22)29)33-28(36)27-32-26(34-35-27)12-19-4-2-3-5-24(19)30/h2-7,13-15,18H,8-12,16H2,1H3,(H,31,33,36)(H,32,34,35). The van der Waals surface area contributed by atoms with Crippen molar-refractivity contribution < 1.29 is 18.7 Å². The summed E-state index contributed by atoms with van der Waals surface area (Å²) in [6.07, 6.45) is 3.66. The van der Waals surface area contributed by atoms with Crippen LogP contribution < -0.4 is 10.1 Å². The van der Waals surface area contributed by atoms with Gasteiger partial charge in [-0.3, -0.25) is 4.79 Å². The molecule has 196 valence electrons. The summed E-state index contributed by atoms with van der Waals surface area (Å²) in [5, 5.41) is 11.0. The maximum absolute atomic E-state index is 13.9. The van der Waals surface area contributed by atoms with Gasteiger partial charge in [-0.2, -0.15) is 0 Å². The predicted octanol–water partition coefficient (Wildman–Crippen LogP) is 5.62. The molecule has 5 rings (SSSR count). The van der Waals surface area contributed by atoms with Crippen LogP contribution in [0.2, 0.25) is 5.02 Å². The van der Waals surface area contributed by atoms with Crippen LogP contribution >= 0.6 is 11.6 Å². The lowest BCUT2D eigenvalue weighted by molar-refractivity contribution is 0.0497. The summed E-state index contributed by atoms with van der Waals surface area (Å²) in [5.41, 5.74) is 3.05. The van der Waals surface area contributed by atoms with Gasteiger partial charge in [0.15, 0.2) is 0 Å². The molecule has 1 amide bonds. The van der Waals surface area contributed by atoms with Gasteiger partial charge in [0.25, 0.3) is 5.91 Å². The van der Waals surface area contributed by atoms with Gasteiger partial charge in [-0.05, 0) is 66.6 Å². The Hall–Kier alpha value is -3.82. The zero-order chi connectivity index (χ0) is 26.5. The summed E-state index contributed by atoms with van der Waals surface area (Å²) in [5.74, 6) is 1.02. The number of aryl methyl sites for hydroxylation is 1. The van der Waals surface area contributed by atoms with Gasteiger partial charge in [0.05, 0.1) is 11.6 Å². The largest absolute Gasteiger partial charge is 0.493 e. The number of halogens is 2. The summed E-state index contributed by atoms with van der Waals surface area (Å²) in [6, 6.07) is 14.0. The van der Waals surface area contributed by atoms with Crippen molar-refractivity contribution in [1.82, 2.24) is 20.2 Å². The van der Waals surface area contributed by atoms with Crippen LogP contribution in [-0.2, 0) is 11.2 Å². The van der Waals surface area contributed by atoms with Gasteiger partial charge in [-0.1, -0.05) is 35.9 Å². The Morgan fingerprint density at radius 2 is 1.97 bits per heavy atom. The monoisotopic (exact) mass is 535 g/mol. The number of anilines is 1. The average molecular weight is 536 g/mol. The molecule has 10 heteroatoms. The quantitative estimate of drug-likeness (QED) is 0.304. The Morgan fingerprint density at radius 3 is 2.79 bits per heavy atom. The van der Waals surface area contributed by atoms with E-state index in [-0.39, 0.29) is 18.1 Å². The van der Waals surface area contributed by atoms with E-state index in [1.807, 2.05) is 25.1 Å². The number of pyridine rings is 1. The van der Waals surface area contributed by atoms with Gasteiger partial charge in [0.1, 0.15) is 23.2 Å². The maximum atomic E-state index is 13.9. The Kier molecular flexibility index (Phi) is 7.95. The van der Waals surface area contributed by atoms with E-state index in [9.17, 15) is 9.18 Å². The lowest BCUT2D eigenvalue weighted by Crippen LogP contribution is -2.21. The maximum Gasteiger partial charge on any atom is 0.294 e. The summed E-state index contributed by atoms with van der Waals surface area (Å²) in [7, 11) is 0. The van der Waals surface area contributed by atoms with Crippen molar-refractivity contribution >= 4 is 23.3 Å². The van der Waals surface area contributed by atoms with Gasteiger partial charge in [-0.25, -0.2) is 9.37 Å². The van der Waals surface area contributed by atoms with E-state index in [1.165, 1.54) is 12.3 Å². The molecule has 2 aromatic heterocycles. The highest BCUT2D eigenvalue weighted by Gasteiger charge is 2.17. The fraction of sp³-hybridized carbons (Fsp3) is 0.286. The van der Waals surface area contributed by atoms with E-state index >= 15 is 0 Å². The van der Waals surface area contributed by atoms with Gasteiger partial charge < -0.3 is 19.8 Å². The second kappa shape index (κ2) is 11.7. The zero-order valence-electron chi connectivity index (χ0n) is 20.8. The first kappa shape index (κ1) is 25.8. The molecule has 1 aliphatic rings. The summed E-state index contributed by atoms with van der Waals surface area (Å²) in [6.45, 7) is 4.16. The van der Waals surface area contributed by atoms with Gasteiger partial charge >= 0.3 is 0 Å². The first-order chi connectivity index (χ1) is 18.5. The van der Waals surface area contributed by atoms with Crippen molar-refractivity contribution in [2.24, 2.45) is 5.92 Å². The summed E-state index contributed by atoms with van der Waals surface area (Å²) >= 11 is 6.51. The van der Waals surface area contributed by atoms with Crippen LogP contribution in [0.3, 0.4) is 0 Å². The normalized spacial score (nSPS) is 13.9. The van der Waals surface area contributed by atoms with Crippen LogP contribution in [-0.4, -0.2) is 45.9 Å². The lowest BCUT2D eigenvalue weighted by atomic mass is 10.0. The smallest absolute Gasteiger partial charge is 0.294 e. The molecule has 2 N–H and O–H groups in total. The van der Waals surface area contributed by atoms with Gasteiger partial charge in [-0.15, -0.1) is 10.2 Å². The van der Waals surface area contributed by atoms with Crippen molar-refractivity contribution in [2.75, 3.05) is 25.1 Å². The number of hydrogen-bond acceptors (Lipinski definition) is 6. The highest BCUT2D eigenvalue weighted by Crippen LogP contribution is 2.34. The van der Waals surface area contributed by atoms with Crippen molar-refractivity contribution in [2.45, 2.75) is 26.2 Å². The van der Waals surface area contributed by atoms with E-state index in [0.717, 1.165) is 42.9 Å². The third kappa shape index (κ3) is 6.17. The minimum absolute atomic E-state index is 0.00525. The number of aromatic nitrogens is 4. The number of H-pyrrole nitrogens is 1. The Bertz CT molecular complexity index is 1440. The van der Waals surface area contributed by atoms with Crippen molar-refractivity contribution in [3.8, 4) is 16.9 Å². The average Bonchev–Trinajstić information content (AvgIpc) is 3.40. The fourth-order valence-corrected chi connectivity index (χ4v) is 4.50. The van der Waals surface area contributed by atoms with Crippen LogP contribution in [0.4, 0.5) is 10.2 Å². The molecule has 8 nitrogen and oxygen atoms in total. The molecule has 0 radical (unpaired) electrons. The number of rotatable bonds is 8. The topological polar surface area (TPSA) is 102 Å². The first-order valence-electron chi connectivity index (χ1n) is 12.4. The van der Waals surface area contributed by atoms with E-state index < -0.39 is 5.91 Å². The first-order valence-corrected chi connectivity index (χ1v) is 12.8. The van der Waals surface area contributed by atoms with Crippen LogP contribution in [0.25, 0.3) is 11.1 Å². The van der Waals surface area contributed by atoms with Gasteiger partial charge in [0.2, 0.25) is 5.82 Å². The molecule has 3 heterocycles. The molecular weight excluding hydrogens is 509 g/mol. The molecule has 1 saturated heterocycles. The van der Waals surface area contributed by atoms with E-state index in [0.29, 0.717) is 40.3 Å². The SMILES string of the molecule is Cc1ccc(OCC2CCOCC2)cc1-c1cc(NC(=O)c2nnc(Cc3ccccc3F)[nH]2)ncc1Cl. The zero-order valence-corrected chi connectivity index (χ0v) is 21.6. The summed E-state index contributed by atoms with van der Waals surface area (Å²) in [4.78, 5) is 19.9. The van der Waals surface area contributed by atoms with E-state index in [1.54, 1.807) is 24.3 Å². The highest BCUT2D eigenvalue weighted by atomic mass is 35.5. The van der Waals surface area contributed by atoms with Crippen molar-refractivity contribution in [3.63, 3.8) is 0 Å². The molecule has 1 fully saturated rings. The minimum atomic E-state index is -0.525. The fourth-order valence-electron chi connectivity index (χ4n) is 4.30. The second-order valence-electron chi connectivity index (χ2n) is 9.24.